The second-order valence-electron chi connectivity index (χ2n) is 7.83. The maximum Gasteiger partial charge on any atom is 0.321 e. The number of imidazole rings is 1. The lowest BCUT2D eigenvalue weighted by atomic mass is 9.96. The third-order valence-electron chi connectivity index (χ3n) is 5.74. The number of H-pyrrole nitrogens is 1. The number of aromatic nitrogens is 3. The van der Waals surface area contributed by atoms with Crippen LogP contribution >= 0.6 is 0 Å². The number of nitrogens with zero attached hydrogens (tertiary/aromatic N) is 3. The summed E-state index contributed by atoms with van der Waals surface area (Å²) in [6, 6.07) is 6.79. The minimum Gasteiger partial charge on any atom is -0.367 e. The Morgan fingerprint density at radius 3 is 2.70 bits per heavy atom. The summed E-state index contributed by atoms with van der Waals surface area (Å²) in [5.41, 5.74) is 5.93. The Morgan fingerprint density at radius 2 is 2.00 bits per heavy atom. The smallest absolute Gasteiger partial charge is 0.321 e. The second-order valence-corrected chi connectivity index (χ2v) is 7.83. The van der Waals surface area contributed by atoms with Crippen molar-refractivity contribution in [2.24, 2.45) is 11.7 Å². The number of rotatable bonds is 6. The number of anilines is 2. The fraction of sp³-hybridized carbons (Fsp3) is 0.318. The number of piperidine rings is 1. The number of para-hydroxylation sites is 1. The number of carbonyl (C=O) groups excluding carboxylic acids is 1. The number of halogens is 3. The molecule has 1 aliphatic heterocycles. The first-order chi connectivity index (χ1) is 15.9. The Bertz CT molecular complexity index is 1200. The molecule has 1 amide bonds. The first-order valence-corrected chi connectivity index (χ1v) is 10.5. The van der Waals surface area contributed by atoms with Gasteiger partial charge in [0.1, 0.15) is 5.82 Å². The van der Waals surface area contributed by atoms with E-state index in [2.05, 4.69) is 15.3 Å². The molecule has 0 saturated carbocycles. The fourth-order valence-corrected chi connectivity index (χ4v) is 3.90. The summed E-state index contributed by atoms with van der Waals surface area (Å²) in [6.45, 7) is -1.17. The van der Waals surface area contributed by atoms with Crippen LogP contribution in [-0.2, 0) is 0 Å². The third-order valence-corrected chi connectivity index (χ3v) is 5.74. The number of alkyl halides is 2. The first kappa shape index (κ1) is 22.6. The van der Waals surface area contributed by atoms with Gasteiger partial charge in [0.15, 0.2) is 5.82 Å². The van der Waals surface area contributed by atoms with Crippen LogP contribution in [0.3, 0.4) is 0 Å². The molecule has 0 aliphatic carbocycles. The quantitative estimate of drug-likeness (QED) is 0.524. The molecule has 33 heavy (non-hydrogen) atoms. The second kappa shape index (κ2) is 9.49. The van der Waals surface area contributed by atoms with E-state index in [1.807, 2.05) is 4.90 Å². The van der Waals surface area contributed by atoms with Gasteiger partial charge < -0.3 is 20.9 Å². The molecule has 2 aromatic heterocycles. The van der Waals surface area contributed by atoms with E-state index in [9.17, 15) is 22.8 Å². The summed E-state index contributed by atoms with van der Waals surface area (Å²) in [4.78, 5) is 33.1. The van der Waals surface area contributed by atoms with E-state index >= 15 is 0 Å². The summed E-state index contributed by atoms with van der Waals surface area (Å²) in [5.74, 6) is -0.760. The molecule has 174 valence electrons. The lowest BCUT2D eigenvalue weighted by Gasteiger charge is -2.34. The van der Waals surface area contributed by atoms with Gasteiger partial charge in [-0.05, 0) is 43.5 Å². The number of hydrogen-bond donors (Lipinski definition) is 3. The topological polar surface area (TPSA) is 109 Å². The van der Waals surface area contributed by atoms with Crippen molar-refractivity contribution in [3.63, 3.8) is 0 Å². The molecule has 0 bridgehead atoms. The molecule has 4 rings (SSSR count). The summed E-state index contributed by atoms with van der Waals surface area (Å²) >= 11 is 0. The van der Waals surface area contributed by atoms with Crippen molar-refractivity contribution in [2.45, 2.75) is 19.4 Å². The van der Waals surface area contributed by atoms with Crippen LogP contribution in [-0.4, -0.2) is 40.1 Å². The van der Waals surface area contributed by atoms with Gasteiger partial charge in [0.25, 0.3) is 11.5 Å². The first-order valence-electron chi connectivity index (χ1n) is 10.5. The van der Waals surface area contributed by atoms with Gasteiger partial charge in [0.2, 0.25) is 0 Å². The lowest BCUT2D eigenvalue weighted by molar-refractivity contribution is 0.0665. The van der Waals surface area contributed by atoms with E-state index in [4.69, 9.17) is 5.73 Å². The largest absolute Gasteiger partial charge is 0.367 e. The average molecular weight is 460 g/mol. The minimum absolute atomic E-state index is 0.0863. The zero-order valence-electron chi connectivity index (χ0n) is 17.6. The Labute approximate surface area is 187 Å². The van der Waals surface area contributed by atoms with Gasteiger partial charge in [0, 0.05) is 37.1 Å². The highest BCUT2D eigenvalue weighted by molar-refractivity contribution is 6.04. The number of nitrogens with two attached hydrogens (primary N) is 1. The highest BCUT2D eigenvalue weighted by atomic mass is 19.3. The Balaban J connectivity index is 1.55. The number of amides is 1. The predicted molar refractivity (Wildman–Crippen MR) is 118 cm³/mol. The van der Waals surface area contributed by atoms with Crippen LogP contribution in [0.5, 0.6) is 0 Å². The van der Waals surface area contributed by atoms with Crippen molar-refractivity contribution in [2.75, 3.05) is 29.9 Å². The number of hydrogen-bond acceptors (Lipinski definition) is 5. The molecule has 1 aliphatic rings. The van der Waals surface area contributed by atoms with E-state index in [0.717, 1.165) is 25.1 Å². The van der Waals surface area contributed by atoms with Crippen LogP contribution in [0.15, 0.2) is 47.5 Å². The highest BCUT2D eigenvalue weighted by Gasteiger charge is 2.24. The van der Waals surface area contributed by atoms with Crippen molar-refractivity contribution in [1.82, 2.24) is 14.5 Å². The Morgan fingerprint density at radius 1 is 1.24 bits per heavy atom. The maximum absolute atomic E-state index is 14.7. The molecule has 3 aromatic rings. The van der Waals surface area contributed by atoms with Gasteiger partial charge in [-0.2, -0.15) is 8.78 Å². The molecular formula is C22H23F3N6O2. The Kier molecular flexibility index (Phi) is 6.50. The third kappa shape index (κ3) is 4.77. The van der Waals surface area contributed by atoms with Gasteiger partial charge in [-0.3, -0.25) is 14.2 Å². The molecule has 1 fully saturated rings. The molecule has 11 heteroatoms. The molecule has 8 nitrogen and oxygen atoms in total. The molecule has 3 heterocycles. The van der Waals surface area contributed by atoms with Gasteiger partial charge >= 0.3 is 6.55 Å². The van der Waals surface area contributed by atoms with Crippen molar-refractivity contribution in [1.29, 1.82) is 0 Å². The van der Waals surface area contributed by atoms with Gasteiger partial charge in [-0.15, -0.1) is 0 Å². The molecule has 0 atom stereocenters. The van der Waals surface area contributed by atoms with Crippen LogP contribution < -0.4 is 21.5 Å². The zero-order chi connectivity index (χ0) is 23.5. The number of pyridine rings is 1. The normalized spacial score (nSPS) is 14.6. The highest BCUT2D eigenvalue weighted by Crippen LogP contribution is 2.32. The lowest BCUT2D eigenvalue weighted by Crippen LogP contribution is -2.37. The van der Waals surface area contributed by atoms with Crippen molar-refractivity contribution in [3.8, 4) is 11.3 Å². The predicted octanol–water partition coefficient (Wildman–Crippen LogP) is 3.20. The number of benzene rings is 1. The van der Waals surface area contributed by atoms with E-state index in [-0.39, 0.29) is 21.6 Å². The molecule has 1 aromatic carbocycles. The van der Waals surface area contributed by atoms with Crippen molar-refractivity contribution >= 4 is 17.3 Å². The van der Waals surface area contributed by atoms with Crippen molar-refractivity contribution in [3.05, 3.63) is 64.7 Å². The van der Waals surface area contributed by atoms with Gasteiger partial charge in [-0.1, -0.05) is 6.07 Å². The van der Waals surface area contributed by atoms with E-state index in [1.54, 1.807) is 6.07 Å². The summed E-state index contributed by atoms with van der Waals surface area (Å²) in [7, 11) is 0. The van der Waals surface area contributed by atoms with E-state index in [1.165, 1.54) is 24.4 Å². The maximum atomic E-state index is 14.7. The zero-order valence-corrected chi connectivity index (χ0v) is 17.6. The van der Waals surface area contributed by atoms with Crippen LogP contribution in [0.25, 0.3) is 11.3 Å². The fourth-order valence-electron chi connectivity index (χ4n) is 3.90. The summed E-state index contributed by atoms with van der Waals surface area (Å²) < 4.78 is 41.0. The molecule has 1 saturated heterocycles. The summed E-state index contributed by atoms with van der Waals surface area (Å²) in [5, 5.41) is 2.68. The van der Waals surface area contributed by atoms with E-state index < -0.39 is 23.8 Å². The average Bonchev–Trinajstić information content (AvgIpc) is 3.30. The number of aromatic amines is 1. The number of nitrogens with one attached hydrogen (secondary N) is 2. The van der Waals surface area contributed by atoms with Crippen LogP contribution in [0.4, 0.5) is 24.5 Å². The number of carbonyl (C=O) groups is 1. The molecule has 0 radical (unpaired) electrons. The molecule has 0 unspecified atom stereocenters. The molecular weight excluding hydrogens is 437 g/mol. The molecule has 4 N–H and O–H groups in total. The van der Waals surface area contributed by atoms with Crippen LogP contribution in [0.2, 0.25) is 0 Å². The summed E-state index contributed by atoms with van der Waals surface area (Å²) in [6.07, 6.45) is 4.01. The molecule has 0 spiro atoms. The minimum atomic E-state index is -3.00. The standard InChI is InChI=1S/C22H23F3N6O2/c23-15-2-1-3-16(19(15)30-8-6-13(10-26)7-9-30)29-21(33)20-27-11-17(28-20)14-4-5-18(32)31(12-14)22(24)25/h1-5,11-13,22H,6-10,26H2,(H,27,28)(H,29,33). The van der Waals surface area contributed by atoms with Crippen molar-refractivity contribution < 1.29 is 18.0 Å². The SMILES string of the molecule is NCC1CCN(c2c(F)cccc2NC(=O)c2nc(-c3ccc(=O)n(C(F)F)c3)c[nH]2)CC1. The monoisotopic (exact) mass is 460 g/mol. The van der Waals surface area contributed by atoms with Gasteiger partial charge in [0.05, 0.1) is 17.1 Å². The Hall–Kier alpha value is -3.60. The van der Waals surface area contributed by atoms with E-state index in [0.29, 0.717) is 36.9 Å². The van der Waals surface area contributed by atoms with Crippen LogP contribution in [0, 0.1) is 11.7 Å². The van der Waals surface area contributed by atoms with Crippen LogP contribution in [0.1, 0.15) is 30.0 Å². The van der Waals surface area contributed by atoms with Gasteiger partial charge in [-0.25, -0.2) is 9.37 Å².